The topological polar surface area (TPSA) is 60.9 Å². The molecule has 0 N–H and O–H groups in total. The van der Waals surface area contributed by atoms with E-state index >= 15 is 0 Å². The van der Waals surface area contributed by atoms with Crippen molar-refractivity contribution in [3.63, 3.8) is 0 Å². The van der Waals surface area contributed by atoms with E-state index in [1.807, 2.05) is 18.0 Å². The molecule has 6 nitrogen and oxygen atoms in total. The number of aryl methyl sites for hydroxylation is 1. The molecule has 1 aliphatic heterocycles. The SMILES string of the molecule is CN(C(=O)CN1CCN(S(=O)(=O)c2cccs2)CC1)[C@H]1CCCc2ccccc21. The van der Waals surface area contributed by atoms with Gasteiger partial charge in [-0.25, -0.2) is 8.42 Å². The molecule has 1 aromatic heterocycles. The largest absolute Gasteiger partial charge is 0.338 e. The molecule has 0 bridgehead atoms. The van der Waals surface area contributed by atoms with Crippen LogP contribution in [-0.4, -0.2) is 68.2 Å². The van der Waals surface area contributed by atoms with Crippen molar-refractivity contribution >= 4 is 27.3 Å². The summed E-state index contributed by atoms with van der Waals surface area (Å²) in [4.78, 5) is 16.9. The Balaban J connectivity index is 1.35. The van der Waals surface area contributed by atoms with Gasteiger partial charge in [-0.15, -0.1) is 11.3 Å². The van der Waals surface area contributed by atoms with E-state index in [4.69, 9.17) is 0 Å². The lowest BCUT2D eigenvalue weighted by Crippen LogP contribution is -2.51. The minimum absolute atomic E-state index is 0.0984. The van der Waals surface area contributed by atoms with E-state index in [1.54, 1.807) is 17.5 Å². The quantitative estimate of drug-likeness (QED) is 0.727. The third-order valence-corrected chi connectivity index (χ3v) is 9.25. The average molecular weight is 434 g/mol. The van der Waals surface area contributed by atoms with Gasteiger partial charge in [-0.2, -0.15) is 4.31 Å². The van der Waals surface area contributed by atoms with E-state index in [9.17, 15) is 13.2 Å². The van der Waals surface area contributed by atoms with Crippen molar-refractivity contribution in [2.75, 3.05) is 39.8 Å². The number of amides is 1. The van der Waals surface area contributed by atoms with Crippen LogP contribution in [0.1, 0.15) is 30.0 Å². The predicted molar refractivity (Wildman–Crippen MR) is 114 cm³/mol. The highest BCUT2D eigenvalue weighted by Gasteiger charge is 2.31. The Morgan fingerprint density at radius 1 is 1.14 bits per heavy atom. The highest BCUT2D eigenvalue weighted by Crippen LogP contribution is 2.33. The molecule has 0 unspecified atom stereocenters. The van der Waals surface area contributed by atoms with Crippen LogP contribution in [0.5, 0.6) is 0 Å². The zero-order valence-electron chi connectivity index (χ0n) is 16.7. The number of carbonyl (C=O) groups is 1. The highest BCUT2D eigenvalue weighted by molar-refractivity contribution is 7.91. The van der Waals surface area contributed by atoms with Gasteiger partial charge in [0.05, 0.1) is 12.6 Å². The van der Waals surface area contributed by atoms with Gasteiger partial charge >= 0.3 is 0 Å². The Kier molecular flexibility index (Phi) is 6.06. The number of benzene rings is 1. The van der Waals surface area contributed by atoms with E-state index < -0.39 is 10.0 Å². The lowest BCUT2D eigenvalue weighted by atomic mass is 9.87. The maximum absolute atomic E-state index is 12.9. The van der Waals surface area contributed by atoms with Crippen molar-refractivity contribution in [3.8, 4) is 0 Å². The molecule has 1 saturated heterocycles. The van der Waals surface area contributed by atoms with Crippen molar-refractivity contribution in [2.24, 2.45) is 0 Å². The number of thiophene rings is 1. The molecule has 2 aromatic rings. The van der Waals surface area contributed by atoms with Gasteiger partial charge in [0.2, 0.25) is 5.91 Å². The molecule has 156 valence electrons. The zero-order chi connectivity index (χ0) is 20.4. The number of sulfonamides is 1. The Hall–Kier alpha value is -1.74. The van der Waals surface area contributed by atoms with Crippen molar-refractivity contribution in [1.29, 1.82) is 0 Å². The maximum Gasteiger partial charge on any atom is 0.252 e. The standard InChI is InChI=1S/C21H27N3O3S2/c1-22(19-9-4-7-17-6-2-3-8-18(17)19)20(25)16-23-11-13-24(14-12-23)29(26,27)21-10-5-15-28-21/h2-3,5-6,8,10,15,19H,4,7,9,11-14,16H2,1H3/t19-/m0/s1. The van der Waals surface area contributed by atoms with Crippen LogP contribution in [0.3, 0.4) is 0 Å². The molecule has 29 heavy (non-hydrogen) atoms. The first-order valence-electron chi connectivity index (χ1n) is 10.1. The predicted octanol–water partition coefficient (Wildman–Crippen LogP) is 2.59. The van der Waals surface area contributed by atoms with Crippen LogP contribution in [0.2, 0.25) is 0 Å². The Morgan fingerprint density at radius 2 is 1.90 bits per heavy atom. The summed E-state index contributed by atoms with van der Waals surface area (Å²) in [6.07, 6.45) is 3.17. The summed E-state index contributed by atoms with van der Waals surface area (Å²) in [7, 11) is -1.51. The van der Waals surface area contributed by atoms with Crippen molar-refractivity contribution in [2.45, 2.75) is 29.5 Å². The number of hydrogen-bond donors (Lipinski definition) is 0. The Labute approximate surface area is 176 Å². The molecule has 0 radical (unpaired) electrons. The minimum Gasteiger partial charge on any atom is -0.338 e. The maximum atomic E-state index is 12.9. The summed E-state index contributed by atoms with van der Waals surface area (Å²) < 4.78 is 27.2. The molecular weight excluding hydrogens is 406 g/mol. The lowest BCUT2D eigenvalue weighted by Gasteiger charge is -2.37. The van der Waals surface area contributed by atoms with Gasteiger partial charge in [-0.05, 0) is 41.8 Å². The number of fused-ring (bicyclic) bond motifs is 1. The first-order chi connectivity index (χ1) is 14.0. The van der Waals surface area contributed by atoms with E-state index in [-0.39, 0.29) is 11.9 Å². The minimum atomic E-state index is -3.41. The number of rotatable bonds is 5. The molecule has 8 heteroatoms. The van der Waals surface area contributed by atoms with Crippen molar-refractivity contribution < 1.29 is 13.2 Å². The molecule has 0 saturated carbocycles. The molecule has 1 aliphatic carbocycles. The molecule has 2 aliphatic rings. The molecule has 4 rings (SSSR count). The molecule has 1 atom stereocenters. The van der Waals surface area contributed by atoms with E-state index in [2.05, 4.69) is 23.1 Å². The average Bonchev–Trinajstić information content (AvgIpc) is 3.29. The van der Waals surface area contributed by atoms with Gasteiger partial charge < -0.3 is 4.90 Å². The van der Waals surface area contributed by atoms with Crippen molar-refractivity contribution in [1.82, 2.24) is 14.1 Å². The first-order valence-corrected chi connectivity index (χ1v) is 12.4. The van der Waals surface area contributed by atoms with Gasteiger partial charge in [-0.1, -0.05) is 30.3 Å². The molecular formula is C21H27N3O3S2. The smallest absolute Gasteiger partial charge is 0.252 e. The molecule has 1 aromatic carbocycles. The summed E-state index contributed by atoms with van der Waals surface area (Å²) in [5, 5.41) is 1.78. The Morgan fingerprint density at radius 3 is 2.62 bits per heavy atom. The third-order valence-electron chi connectivity index (χ3n) is 5.98. The van der Waals surface area contributed by atoms with Crippen LogP contribution in [0, 0.1) is 0 Å². The number of nitrogens with zero attached hydrogens (tertiary/aromatic N) is 3. The summed E-state index contributed by atoms with van der Waals surface area (Å²) in [5.74, 6) is 0.0984. The van der Waals surface area contributed by atoms with Crippen LogP contribution in [-0.2, 0) is 21.2 Å². The van der Waals surface area contributed by atoms with E-state index in [0.29, 0.717) is 36.9 Å². The number of hydrogen-bond acceptors (Lipinski definition) is 5. The van der Waals surface area contributed by atoms with Crippen LogP contribution in [0.4, 0.5) is 0 Å². The fourth-order valence-corrected chi connectivity index (χ4v) is 6.84. The van der Waals surface area contributed by atoms with Crippen LogP contribution >= 0.6 is 11.3 Å². The normalized spacial score (nSPS) is 20.9. The lowest BCUT2D eigenvalue weighted by molar-refractivity contribution is -0.133. The van der Waals surface area contributed by atoms with Crippen LogP contribution in [0.15, 0.2) is 46.0 Å². The second-order valence-electron chi connectivity index (χ2n) is 7.72. The molecule has 2 heterocycles. The summed E-state index contributed by atoms with van der Waals surface area (Å²) >= 11 is 1.25. The first kappa shape index (κ1) is 20.5. The van der Waals surface area contributed by atoms with Gasteiger partial charge in [0.25, 0.3) is 10.0 Å². The summed E-state index contributed by atoms with van der Waals surface area (Å²) in [5.41, 5.74) is 2.61. The van der Waals surface area contributed by atoms with Gasteiger partial charge in [0, 0.05) is 33.2 Å². The highest BCUT2D eigenvalue weighted by atomic mass is 32.2. The van der Waals surface area contributed by atoms with Gasteiger partial charge in [-0.3, -0.25) is 9.69 Å². The number of carbonyl (C=O) groups excluding carboxylic acids is 1. The van der Waals surface area contributed by atoms with Gasteiger partial charge in [0.15, 0.2) is 0 Å². The van der Waals surface area contributed by atoms with Crippen LogP contribution < -0.4 is 0 Å². The summed E-state index contributed by atoms with van der Waals surface area (Å²) in [6.45, 7) is 2.33. The number of likely N-dealkylation sites (N-methyl/N-ethyl adjacent to an activating group) is 1. The Bertz CT molecular complexity index is 951. The fraction of sp³-hybridized carbons (Fsp3) is 0.476. The second-order valence-corrected chi connectivity index (χ2v) is 10.8. The molecule has 0 spiro atoms. The van der Waals surface area contributed by atoms with Crippen molar-refractivity contribution in [3.05, 3.63) is 52.9 Å². The monoisotopic (exact) mass is 433 g/mol. The fourth-order valence-electron chi connectivity index (χ4n) is 4.27. The third kappa shape index (κ3) is 4.26. The zero-order valence-corrected chi connectivity index (χ0v) is 18.3. The van der Waals surface area contributed by atoms with Gasteiger partial charge in [0.1, 0.15) is 4.21 Å². The molecule has 1 fully saturated rings. The molecule has 1 amide bonds. The summed E-state index contributed by atoms with van der Waals surface area (Å²) in [6, 6.07) is 11.9. The van der Waals surface area contributed by atoms with E-state index in [0.717, 1.165) is 19.3 Å². The van der Waals surface area contributed by atoms with E-state index in [1.165, 1.54) is 26.8 Å². The number of piperazine rings is 1. The second kappa shape index (κ2) is 8.55. The van der Waals surface area contributed by atoms with Crippen LogP contribution in [0.25, 0.3) is 0 Å².